The molecule has 0 saturated carbocycles. The summed E-state index contributed by atoms with van der Waals surface area (Å²) < 4.78 is 6.00. The van der Waals surface area contributed by atoms with Gasteiger partial charge in [0.05, 0.1) is 23.7 Å². The second-order valence-electron chi connectivity index (χ2n) is 4.44. The molecule has 4 atom stereocenters. The summed E-state index contributed by atoms with van der Waals surface area (Å²) in [5.74, 6) is 0. The maximum Gasteiger partial charge on any atom is 0.0819 e. The molecule has 0 saturated heterocycles. The fraction of sp³-hybridized carbons (Fsp3) is 0.533. The molecule has 1 rings (SSSR count). The number of ether oxygens (including phenoxy) is 1. The highest BCUT2D eigenvalue weighted by Crippen LogP contribution is 2.23. The van der Waals surface area contributed by atoms with E-state index < -0.39 is 6.10 Å². The van der Waals surface area contributed by atoms with Gasteiger partial charge in [0.1, 0.15) is 0 Å². The van der Waals surface area contributed by atoms with E-state index in [4.69, 9.17) is 16.3 Å². The third-order valence-electron chi connectivity index (χ3n) is 2.88. The average molecular weight is 348 g/mol. The Bertz CT molecular complexity index is 372. The van der Waals surface area contributed by atoms with E-state index in [0.29, 0.717) is 6.42 Å². The molecule has 0 radical (unpaired) electrons. The molecule has 0 aromatic carbocycles. The fourth-order valence-corrected chi connectivity index (χ4v) is 2.39. The van der Waals surface area contributed by atoms with Crippen LogP contribution >= 0.6 is 27.5 Å². The monoisotopic (exact) mass is 346 g/mol. The Balaban J connectivity index is 2.70. The van der Waals surface area contributed by atoms with Crippen molar-refractivity contribution < 1.29 is 9.84 Å². The SMILES string of the molecule is C/C=C/[C@@H]1C/C=C\C[C@H](Cl)[C@H](CC(O)C=C=CBr)O1. The highest BCUT2D eigenvalue weighted by molar-refractivity contribution is 9.11. The van der Waals surface area contributed by atoms with Crippen molar-refractivity contribution in [3.05, 3.63) is 41.1 Å². The number of aliphatic hydroxyl groups is 1. The topological polar surface area (TPSA) is 29.5 Å². The quantitative estimate of drug-likeness (QED) is 0.471. The van der Waals surface area contributed by atoms with Crippen LogP contribution in [-0.2, 0) is 4.74 Å². The van der Waals surface area contributed by atoms with Crippen molar-refractivity contribution in [3.63, 3.8) is 0 Å². The number of hydrogen-bond donors (Lipinski definition) is 1. The Kier molecular flexibility index (Phi) is 8.43. The lowest BCUT2D eigenvalue weighted by Gasteiger charge is -2.28. The molecule has 0 aromatic heterocycles. The molecule has 0 fully saturated rings. The lowest BCUT2D eigenvalue weighted by molar-refractivity contribution is -0.0108. The summed E-state index contributed by atoms with van der Waals surface area (Å²) in [6, 6.07) is 0. The van der Waals surface area contributed by atoms with Crippen LogP contribution in [0.5, 0.6) is 0 Å². The van der Waals surface area contributed by atoms with Crippen LogP contribution in [0.25, 0.3) is 0 Å². The maximum absolute atomic E-state index is 9.90. The smallest absolute Gasteiger partial charge is 0.0819 e. The fourth-order valence-electron chi connectivity index (χ4n) is 1.97. The predicted molar refractivity (Wildman–Crippen MR) is 83.7 cm³/mol. The van der Waals surface area contributed by atoms with Crippen LogP contribution in [0.3, 0.4) is 0 Å². The Labute approximate surface area is 128 Å². The lowest BCUT2D eigenvalue weighted by Crippen LogP contribution is -2.33. The summed E-state index contributed by atoms with van der Waals surface area (Å²) in [5, 5.41) is 9.77. The number of alkyl halides is 1. The number of rotatable bonds is 4. The van der Waals surface area contributed by atoms with Gasteiger partial charge in [-0.1, -0.05) is 40.2 Å². The van der Waals surface area contributed by atoms with Crippen LogP contribution in [0.2, 0.25) is 0 Å². The van der Waals surface area contributed by atoms with E-state index in [-0.39, 0.29) is 17.6 Å². The Hall–Kier alpha value is -0.310. The third kappa shape index (κ3) is 6.60. The summed E-state index contributed by atoms with van der Waals surface area (Å²) in [6.45, 7) is 1.97. The van der Waals surface area contributed by atoms with Gasteiger partial charge in [-0.2, -0.15) is 0 Å². The normalized spacial score (nSPS) is 31.1. The second-order valence-corrected chi connectivity index (χ2v) is 5.46. The lowest BCUT2D eigenvalue weighted by atomic mass is 10.0. The van der Waals surface area contributed by atoms with E-state index in [2.05, 4.69) is 33.8 Å². The molecule has 2 nitrogen and oxygen atoms in total. The van der Waals surface area contributed by atoms with E-state index in [1.54, 1.807) is 11.1 Å². The van der Waals surface area contributed by atoms with Gasteiger partial charge in [0.2, 0.25) is 0 Å². The van der Waals surface area contributed by atoms with Gasteiger partial charge in [0.25, 0.3) is 0 Å². The first-order chi connectivity index (χ1) is 9.17. The van der Waals surface area contributed by atoms with Crippen LogP contribution < -0.4 is 0 Å². The summed E-state index contributed by atoms with van der Waals surface area (Å²) in [6.07, 6.45) is 11.1. The predicted octanol–water partition coefficient (Wildman–Crippen LogP) is 4.09. The minimum Gasteiger partial charge on any atom is -0.388 e. The second kappa shape index (κ2) is 9.57. The summed E-state index contributed by atoms with van der Waals surface area (Å²) >= 11 is 9.45. The Morgan fingerprint density at radius 1 is 1.53 bits per heavy atom. The number of hydrogen-bond acceptors (Lipinski definition) is 2. The zero-order valence-corrected chi connectivity index (χ0v) is 13.3. The minimum atomic E-state index is -0.602. The van der Waals surface area contributed by atoms with Gasteiger partial charge in [0, 0.05) is 11.4 Å². The molecule has 1 unspecified atom stereocenters. The van der Waals surface area contributed by atoms with Crippen molar-refractivity contribution in [1.82, 2.24) is 0 Å². The largest absolute Gasteiger partial charge is 0.388 e. The molecule has 0 amide bonds. The van der Waals surface area contributed by atoms with Crippen LogP contribution in [0.15, 0.2) is 41.1 Å². The third-order valence-corrected chi connectivity index (χ3v) is 3.61. The number of allylic oxidation sites excluding steroid dienone is 2. The van der Waals surface area contributed by atoms with Crippen LogP contribution in [0, 0.1) is 0 Å². The van der Waals surface area contributed by atoms with Crippen LogP contribution in [0.1, 0.15) is 26.2 Å². The van der Waals surface area contributed by atoms with Crippen molar-refractivity contribution in [1.29, 1.82) is 0 Å². The van der Waals surface area contributed by atoms with Crippen molar-refractivity contribution in [2.75, 3.05) is 0 Å². The molecule has 19 heavy (non-hydrogen) atoms. The highest BCUT2D eigenvalue weighted by atomic mass is 79.9. The van der Waals surface area contributed by atoms with Gasteiger partial charge in [-0.3, -0.25) is 0 Å². The molecule has 1 heterocycles. The molecule has 0 aliphatic carbocycles. The zero-order chi connectivity index (χ0) is 14.1. The summed E-state index contributed by atoms with van der Waals surface area (Å²) in [7, 11) is 0. The van der Waals surface area contributed by atoms with E-state index in [1.165, 1.54) is 0 Å². The van der Waals surface area contributed by atoms with E-state index in [9.17, 15) is 5.11 Å². The van der Waals surface area contributed by atoms with Gasteiger partial charge < -0.3 is 9.84 Å². The summed E-state index contributed by atoms with van der Waals surface area (Å²) in [5.41, 5.74) is 2.81. The molecule has 0 bridgehead atoms. The molecule has 0 spiro atoms. The van der Waals surface area contributed by atoms with Gasteiger partial charge in [0.15, 0.2) is 0 Å². The molecule has 0 aromatic rings. The van der Waals surface area contributed by atoms with E-state index >= 15 is 0 Å². The molecular weight excluding hydrogens is 328 g/mol. The Morgan fingerprint density at radius 2 is 2.26 bits per heavy atom. The Morgan fingerprint density at radius 3 is 2.95 bits per heavy atom. The zero-order valence-electron chi connectivity index (χ0n) is 11.0. The van der Waals surface area contributed by atoms with E-state index in [0.717, 1.165) is 12.8 Å². The average Bonchev–Trinajstić information content (AvgIpc) is 2.38. The first kappa shape index (κ1) is 16.7. The minimum absolute atomic E-state index is 0.0238. The molecule has 4 heteroatoms. The van der Waals surface area contributed by atoms with Crippen molar-refractivity contribution in [2.24, 2.45) is 0 Å². The van der Waals surface area contributed by atoms with Gasteiger partial charge in [-0.25, -0.2) is 0 Å². The van der Waals surface area contributed by atoms with E-state index in [1.807, 2.05) is 19.1 Å². The number of aliphatic hydroxyl groups excluding tert-OH is 1. The van der Waals surface area contributed by atoms with Crippen LogP contribution in [0.4, 0.5) is 0 Å². The van der Waals surface area contributed by atoms with Crippen molar-refractivity contribution in [3.8, 4) is 0 Å². The standard InChI is InChI=1S/C15H20BrClO2/c1-2-6-13-8-3-4-9-14(17)15(19-13)11-12(18)7-5-10-16/h2-4,6-7,10,12-15,18H,8-9,11H2,1H3/b4-3-,6-2+/t5?,12?,13-,14+,15+/m1/s1. The first-order valence-corrected chi connectivity index (χ1v) is 7.79. The first-order valence-electron chi connectivity index (χ1n) is 6.44. The molecule has 1 N–H and O–H groups in total. The molecule has 106 valence electrons. The van der Waals surface area contributed by atoms with Crippen molar-refractivity contribution >= 4 is 27.5 Å². The molecular formula is C15H20BrClO2. The maximum atomic E-state index is 9.90. The van der Waals surface area contributed by atoms with Gasteiger partial charge >= 0.3 is 0 Å². The molecule has 1 aliphatic heterocycles. The van der Waals surface area contributed by atoms with Crippen molar-refractivity contribution in [2.45, 2.75) is 49.9 Å². The molecule has 1 aliphatic rings. The van der Waals surface area contributed by atoms with Gasteiger partial charge in [-0.15, -0.1) is 17.3 Å². The number of halogens is 2. The van der Waals surface area contributed by atoms with Gasteiger partial charge in [-0.05, 0) is 25.8 Å². The van der Waals surface area contributed by atoms with Crippen LogP contribution in [-0.4, -0.2) is 28.8 Å². The highest BCUT2D eigenvalue weighted by Gasteiger charge is 2.25. The summed E-state index contributed by atoms with van der Waals surface area (Å²) in [4.78, 5) is 1.58.